The van der Waals surface area contributed by atoms with Crippen LogP contribution in [0.1, 0.15) is 16.7 Å². The number of carbonyl (C=O) groups excluding carboxylic acids is 1. The van der Waals surface area contributed by atoms with E-state index in [9.17, 15) is 14.4 Å². The van der Waals surface area contributed by atoms with Crippen LogP contribution in [0.5, 0.6) is 0 Å². The van der Waals surface area contributed by atoms with E-state index in [1.165, 1.54) is 30.0 Å². The number of aryl methyl sites for hydroxylation is 3. The lowest BCUT2D eigenvalue weighted by molar-refractivity contribution is -0.111. The van der Waals surface area contributed by atoms with Crippen molar-refractivity contribution in [3.8, 4) is 0 Å². The van der Waals surface area contributed by atoms with Crippen LogP contribution < -0.4 is 16.6 Å². The van der Waals surface area contributed by atoms with Gasteiger partial charge >= 0.3 is 5.69 Å². The van der Waals surface area contributed by atoms with E-state index in [1.54, 1.807) is 7.05 Å². The second-order valence-electron chi connectivity index (χ2n) is 5.48. The van der Waals surface area contributed by atoms with Crippen molar-refractivity contribution in [3.63, 3.8) is 0 Å². The van der Waals surface area contributed by atoms with Crippen LogP contribution in [0, 0.1) is 13.8 Å². The predicted octanol–water partition coefficient (Wildman–Crippen LogP) is 1.35. The molecule has 0 saturated carbocycles. The molecule has 120 valence electrons. The van der Waals surface area contributed by atoms with Crippen molar-refractivity contribution in [1.82, 2.24) is 9.13 Å². The summed E-state index contributed by atoms with van der Waals surface area (Å²) >= 11 is 0. The average Bonchev–Trinajstić information content (AvgIpc) is 2.51. The Bertz CT molecular complexity index is 904. The van der Waals surface area contributed by atoms with Crippen molar-refractivity contribution in [2.75, 3.05) is 5.32 Å². The zero-order valence-corrected chi connectivity index (χ0v) is 13.6. The summed E-state index contributed by atoms with van der Waals surface area (Å²) in [6.07, 6.45) is 4.09. The molecule has 0 fully saturated rings. The van der Waals surface area contributed by atoms with Crippen LogP contribution in [0.3, 0.4) is 0 Å². The molecule has 1 amide bonds. The molecule has 0 unspecified atom stereocenters. The van der Waals surface area contributed by atoms with Gasteiger partial charge in [0.15, 0.2) is 0 Å². The number of carbonyl (C=O) groups is 1. The van der Waals surface area contributed by atoms with Crippen LogP contribution in [0.4, 0.5) is 5.69 Å². The maximum Gasteiger partial charge on any atom is 0.330 e. The molecule has 2 aromatic rings. The van der Waals surface area contributed by atoms with Gasteiger partial charge in [0, 0.05) is 32.1 Å². The normalized spacial score (nSPS) is 11.0. The van der Waals surface area contributed by atoms with Crippen LogP contribution in [-0.2, 0) is 18.9 Å². The molecular formula is C17H19N3O3. The Hall–Kier alpha value is -2.89. The SMILES string of the molecule is Cc1ccc(C)c(NC(=O)/C=C/c2cn(C)c(=O)n(C)c2=O)c1. The summed E-state index contributed by atoms with van der Waals surface area (Å²) in [5.74, 6) is -0.338. The molecule has 2 rings (SSSR count). The molecule has 0 aliphatic carbocycles. The van der Waals surface area contributed by atoms with Gasteiger partial charge in [0.2, 0.25) is 5.91 Å². The fourth-order valence-corrected chi connectivity index (χ4v) is 2.16. The van der Waals surface area contributed by atoms with Gasteiger partial charge in [-0.1, -0.05) is 12.1 Å². The first-order valence-corrected chi connectivity index (χ1v) is 7.12. The molecular weight excluding hydrogens is 294 g/mol. The number of hydrogen-bond acceptors (Lipinski definition) is 3. The highest BCUT2D eigenvalue weighted by Crippen LogP contribution is 2.16. The Labute approximate surface area is 133 Å². The molecule has 6 nitrogen and oxygen atoms in total. The first-order chi connectivity index (χ1) is 10.8. The molecule has 0 aliphatic heterocycles. The quantitative estimate of drug-likeness (QED) is 0.869. The summed E-state index contributed by atoms with van der Waals surface area (Å²) in [5, 5.41) is 2.78. The average molecular weight is 313 g/mol. The number of benzene rings is 1. The van der Waals surface area contributed by atoms with Crippen LogP contribution in [-0.4, -0.2) is 15.0 Å². The Morgan fingerprint density at radius 3 is 2.57 bits per heavy atom. The van der Waals surface area contributed by atoms with Gasteiger partial charge in [-0.15, -0.1) is 0 Å². The van der Waals surface area contributed by atoms with Crippen molar-refractivity contribution in [2.24, 2.45) is 14.1 Å². The van der Waals surface area contributed by atoms with Crippen molar-refractivity contribution in [1.29, 1.82) is 0 Å². The molecule has 0 radical (unpaired) electrons. The number of amides is 1. The third kappa shape index (κ3) is 3.66. The van der Waals surface area contributed by atoms with Crippen LogP contribution in [0.15, 0.2) is 40.1 Å². The second kappa shape index (κ2) is 6.48. The Balaban J connectivity index is 2.24. The van der Waals surface area contributed by atoms with Gasteiger partial charge in [-0.3, -0.25) is 14.2 Å². The summed E-state index contributed by atoms with van der Waals surface area (Å²) in [5.41, 5.74) is 2.15. The molecule has 1 aromatic heterocycles. The molecule has 0 aliphatic rings. The first kappa shape index (κ1) is 16.5. The molecule has 23 heavy (non-hydrogen) atoms. The van der Waals surface area contributed by atoms with Crippen molar-refractivity contribution >= 4 is 17.7 Å². The lowest BCUT2D eigenvalue weighted by atomic mass is 10.1. The Morgan fingerprint density at radius 2 is 1.87 bits per heavy atom. The standard InChI is InChI=1S/C17H19N3O3/c1-11-5-6-12(2)14(9-11)18-15(21)8-7-13-10-19(3)17(23)20(4)16(13)22/h5-10H,1-4H3,(H,18,21)/b8-7+. The van der Waals surface area contributed by atoms with Gasteiger partial charge in [0.25, 0.3) is 5.56 Å². The zero-order valence-electron chi connectivity index (χ0n) is 13.6. The maximum atomic E-state index is 12.0. The number of aromatic nitrogens is 2. The molecule has 1 N–H and O–H groups in total. The van der Waals surface area contributed by atoms with Gasteiger partial charge in [0.05, 0.1) is 5.56 Å². The lowest BCUT2D eigenvalue weighted by Crippen LogP contribution is -2.37. The van der Waals surface area contributed by atoms with E-state index in [4.69, 9.17) is 0 Å². The summed E-state index contributed by atoms with van der Waals surface area (Å²) in [6.45, 7) is 3.85. The molecule has 6 heteroatoms. The second-order valence-corrected chi connectivity index (χ2v) is 5.48. The minimum atomic E-state index is -0.441. The van der Waals surface area contributed by atoms with E-state index < -0.39 is 11.2 Å². The third-order valence-corrected chi connectivity index (χ3v) is 3.54. The zero-order chi connectivity index (χ0) is 17.1. The number of nitrogens with one attached hydrogen (secondary N) is 1. The maximum absolute atomic E-state index is 12.0. The number of hydrogen-bond donors (Lipinski definition) is 1. The highest BCUT2D eigenvalue weighted by molar-refractivity contribution is 6.02. The third-order valence-electron chi connectivity index (χ3n) is 3.54. The van der Waals surface area contributed by atoms with Gasteiger partial charge in [0.1, 0.15) is 0 Å². The first-order valence-electron chi connectivity index (χ1n) is 7.12. The number of nitrogens with zero attached hydrogens (tertiary/aromatic N) is 2. The van der Waals surface area contributed by atoms with Crippen molar-refractivity contribution in [2.45, 2.75) is 13.8 Å². The van der Waals surface area contributed by atoms with Crippen LogP contribution in [0.2, 0.25) is 0 Å². The molecule has 0 bridgehead atoms. The molecule has 1 heterocycles. The number of anilines is 1. The van der Waals surface area contributed by atoms with Crippen molar-refractivity contribution < 1.29 is 4.79 Å². The topological polar surface area (TPSA) is 73.1 Å². The van der Waals surface area contributed by atoms with Gasteiger partial charge in [-0.05, 0) is 37.1 Å². The fraction of sp³-hybridized carbons (Fsp3) is 0.235. The van der Waals surface area contributed by atoms with E-state index in [-0.39, 0.29) is 11.5 Å². The largest absolute Gasteiger partial charge is 0.330 e. The van der Waals surface area contributed by atoms with Gasteiger partial charge < -0.3 is 9.88 Å². The Morgan fingerprint density at radius 1 is 1.17 bits per heavy atom. The fourth-order valence-electron chi connectivity index (χ4n) is 2.16. The monoisotopic (exact) mass is 313 g/mol. The number of rotatable bonds is 3. The highest BCUT2D eigenvalue weighted by Gasteiger charge is 2.05. The van der Waals surface area contributed by atoms with Crippen molar-refractivity contribution in [3.05, 3.63) is 68.0 Å². The van der Waals surface area contributed by atoms with E-state index in [0.717, 1.165) is 21.4 Å². The van der Waals surface area contributed by atoms with E-state index in [2.05, 4.69) is 5.32 Å². The summed E-state index contributed by atoms with van der Waals surface area (Å²) in [6, 6.07) is 5.78. The van der Waals surface area contributed by atoms with Gasteiger partial charge in [-0.25, -0.2) is 4.79 Å². The highest BCUT2D eigenvalue weighted by atomic mass is 16.2. The molecule has 1 aromatic carbocycles. The smallest absolute Gasteiger partial charge is 0.322 e. The molecule has 0 saturated heterocycles. The summed E-state index contributed by atoms with van der Waals surface area (Å²) in [4.78, 5) is 35.6. The van der Waals surface area contributed by atoms with Crippen LogP contribution >= 0.6 is 0 Å². The van der Waals surface area contributed by atoms with Gasteiger partial charge in [-0.2, -0.15) is 0 Å². The summed E-state index contributed by atoms with van der Waals surface area (Å²) < 4.78 is 2.30. The minimum absolute atomic E-state index is 0.269. The van der Waals surface area contributed by atoms with E-state index in [1.807, 2.05) is 32.0 Å². The van der Waals surface area contributed by atoms with E-state index in [0.29, 0.717) is 0 Å². The molecule has 0 spiro atoms. The van der Waals surface area contributed by atoms with Crippen LogP contribution in [0.25, 0.3) is 6.08 Å². The van der Waals surface area contributed by atoms with E-state index >= 15 is 0 Å². The minimum Gasteiger partial charge on any atom is -0.322 e. The predicted molar refractivity (Wildman–Crippen MR) is 90.5 cm³/mol. The Kier molecular flexibility index (Phi) is 4.64. The summed E-state index contributed by atoms with van der Waals surface area (Å²) in [7, 11) is 2.95. The molecule has 0 atom stereocenters. The lowest BCUT2D eigenvalue weighted by Gasteiger charge is -2.07.